The van der Waals surface area contributed by atoms with E-state index in [0.717, 1.165) is 0 Å². The fraction of sp³-hybridized carbons (Fsp3) is 0.682. The molecule has 1 aromatic carbocycles. The minimum atomic E-state index is -3.13. The molecule has 1 aliphatic rings. The van der Waals surface area contributed by atoms with Gasteiger partial charge in [0.2, 0.25) is 5.75 Å². The molecule has 1 aliphatic heterocycles. The molecule has 0 aliphatic carbocycles. The second-order valence-corrected chi connectivity index (χ2v) is 10.1. The van der Waals surface area contributed by atoms with E-state index in [2.05, 4.69) is 0 Å². The zero-order chi connectivity index (χ0) is 22.3. The Hall–Kier alpha value is -1.96. The number of rotatable bonds is 10. The lowest BCUT2D eigenvalue weighted by atomic mass is 10.1. The van der Waals surface area contributed by atoms with Gasteiger partial charge in [0.05, 0.1) is 30.8 Å². The van der Waals surface area contributed by atoms with Gasteiger partial charge in [-0.3, -0.25) is 4.79 Å². The summed E-state index contributed by atoms with van der Waals surface area (Å²) < 4.78 is 42.1. The molecule has 0 unspecified atom stereocenters. The van der Waals surface area contributed by atoms with Gasteiger partial charge in [0.25, 0.3) is 5.91 Å². The number of sulfone groups is 1. The minimum absolute atomic E-state index is 0.104. The van der Waals surface area contributed by atoms with Crippen LogP contribution in [-0.2, 0) is 9.84 Å². The number of ether oxygens (including phenoxy) is 3. The Kier molecular flexibility index (Phi) is 8.82. The Morgan fingerprint density at radius 2 is 1.50 bits per heavy atom. The van der Waals surface area contributed by atoms with Crippen molar-refractivity contribution in [2.75, 3.05) is 38.7 Å². The predicted molar refractivity (Wildman–Crippen MR) is 117 cm³/mol. The molecule has 0 spiro atoms. The first-order valence-electron chi connectivity index (χ1n) is 10.8. The van der Waals surface area contributed by atoms with Gasteiger partial charge in [-0.25, -0.2) is 8.42 Å². The monoisotopic (exact) mass is 441 g/mol. The van der Waals surface area contributed by atoms with Crippen molar-refractivity contribution in [2.24, 2.45) is 5.92 Å². The van der Waals surface area contributed by atoms with Crippen molar-refractivity contribution in [1.82, 2.24) is 4.90 Å². The van der Waals surface area contributed by atoms with Crippen molar-refractivity contribution in [3.05, 3.63) is 17.7 Å². The van der Waals surface area contributed by atoms with Gasteiger partial charge in [-0.2, -0.15) is 0 Å². The third-order valence-corrected chi connectivity index (χ3v) is 7.58. The van der Waals surface area contributed by atoms with Crippen molar-refractivity contribution in [3.63, 3.8) is 0 Å². The SMILES string of the molecule is CCOc1cc(C(=O)N2CCC(S(=O)(=O)CC(C)C)CC2)cc(OCC)c1OCC. The van der Waals surface area contributed by atoms with Crippen molar-refractivity contribution in [3.8, 4) is 17.2 Å². The smallest absolute Gasteiger partial charge is 0.254 e. The highest BCUT2D eigenvalue weighted by atomic mass is 32.2. The molecule has 170 valence electrons. The Morgan fingerprint density at radius 1 is 1.00 bits per heavy atom. The summed E-state index contributed by atoms with van der Waals surface area (Å²) in [4.78, 5) is 14.9. The number of carbonyl (C=O) groups is 1. The van der Waals surface area contributed by atoms with Crippen LogP contribution in [0.4, 0.5) is 0 Å². The lowest BCUT2D eigenvalue weighted by Gasteiger charge is -2.32. The highest BCUT2D eigenvalue weighted by molar-refractivity contribution is 7.92. The molecule has 1 heterocycles. The second-order valence-electron chi connectivity index (χ2n) is 7.82. The van der Waals surface area contributed by atoms with Crippen LogP contribution >= 0.6 is 0 Å². The Bertz CT molecular complexity index is 786. The number of nitrogens with zero attached hydrogens (tertiary/aromatic N) is 1. The maximum absolute atomic E-state index is 13.1. The summed E-state index contributed by atoms with van der Waals surface area (Å²) in [7, 11) is -3.13. The summed E-state index contributed by atoms with van der Waals surface area (Å²) in [6, 6.07) is 3.36. The van der Waals surface area contributed by atoms with Crippen LogP contribution in [0.15, 0.2) is 12.1 Å². The molecule has 0 bridgehead atoms. The molecule has 1 fully saturated rings. The molecule has 8 heteroatoms. The summed E-state index contributed by atoms with van der Waals surface area (Å²) in [5.74, 6) is 1.59. The first kappa shape index (κ1) is 24.3. The summed E-state index contributed by atoms with van der Waals surface area (Å²) >= 11 is 0. The number of hydrogen-bond acceptors (Lipinski definition) is 6. The van der Waals surface area contributed by atoms with Crippen LogP contribution in [-0.4, -0.2) is 63.1 Å². The van der Waals surface area contributed by atoms with Gasteiger partial charge in [-0.1, -0.05) is 13.8 Å². The summed E-state index contributed by atoms with van der Waals surface area (Å²) in [5, 5.41) is -0.373. The van der Waals surface area contributed by atoms with Crippen molar-refractivity contribution < 1.29 is 27.4 Å². The third kappa shape index (κ3) is 6.03. The van der Waals surface area contributed by atoms with Gasteiger partial charge in [0, 0.05) is 18.7 Å². The summed E-state index contributed by atoms with van der Waals surface area (Å²) in [6.07, 6.45) is 0.933. The zero-order valence-corrected chi connectivity index (χ0v) is 19.6. The van der Waals surface area contributed by atoms with Gasteiger partial charge in [-0.15, -0.1) is 0 Å². The Balaban J connectivity index is 2.20. The van der Waals surface area contributed by atoms with Gasteiger partial charge in [0.1, 0.15) is 0 Å². The lowest BCUT2D eigenvalue weighted by molar-refractivity contribution is 0.0724. The number of amides is 1. The van der Waals surface area contributed by atoms with E-state index in [4.69, 9.17) is 14.2 Å². The lowest BCUT2D eigenvalue weighted by Crippen LogP contribution is -2.43. The van der Waals surface area contributed by atoms with E-state index in [-0.39, 0.29) is 22.8 Å². The maximum Gasteiger partial charge on any atom is 0.254 e. The van der Waals surface area contributed by atoms with Crippen LogP contribution in [0.5, 0.6) is 17.2 Å². The van der Waals surface area contributed by atoms with E-state index < -0.39 is 9.84 Å². The molecule has 2 rings (SSSR count). The summed E-state index contributed by atoms with van der Waals surface area (Å²) in [6.45, 7) is 11.6. The van der Waals surface area contributed by atoms with Crippen molar-refractivity contribution in [2.45, 2.75) is 52.7 Å². The van der Waals surface area contributed by atoms with E-state index in [0.29, 0.717) is 68.6 Å². The molecule has 0 saturated carbocycles. The van der Waals surface area contributed by atoms with E-state index in [1.807, 2.05) is 34.6 Å². The summed E-state index contributed by atoms with van der Waals surface area (Å²) in [5.41, 5.74) is 0.453. The fourth-order valence-electron chi connectivity index (χ4n) is 3.71. The largest absolute Gasteiger partial charge is 0.490 e. The van der Waals surface area contributed by atoms with E-state index in [9.17, 15) is 13.2 Å². The molecule has 7 nitrogen and oxygen atoms in total. The van der Waals surface area contributed by atoms with Crippen LogP contribution in [0.1, 0.15) is 57.8 Å². The first-order valence-corrected chi connectivity index (χ1v) is 12.5. The highest BCUT2D eigenvalue weighted by Crippen LogP contribution is 2.39. The predicted octanol–water partition coefficient (Wildman–Crippen LogP) is 3.56. The standard InChI is InChI=1S/C22H35NO6S/c1-6-27-19-13-17(14-20(28-7-2)21(19)29-8-3)22(24)23-11-9-18(10-12-23)30(25,26)15-16(4)5/h13-14,16,18H,6-12,15H2,1-5H3. The molecule has 0 N–H and O–H groups in total. The molecular weight excluding hydrogens is 406 g/mol. The Labute approximate surface area is 180 Å². The normalized spacial score (nSPS) is 15.3. The second kappa shape index (κ2) is 10.9. The van der Waals surface area contributed by atoms with Gasteiger partial charge in [-0.05, 0) is 51.7 Å². The molecule has 30 heavy (non-hydrogen) atoms. The van der Waals surface area contributed by atoms with Gasteiger partial charge < -0.3 is 19.1 Å². The topological polar surface area (TPSA) is 82.1 Å². The highest BCUT2D eigenvalue weighted by Gasteiger charge is 2.32. The number of benzene rings is 1. The number of piperidine rings is 1. The molecule has 1 amide bonds. The fourth-order valence-corrected chi connectivity index (χ4v) is 5.84. The van der Waals surface area contributed by atoms with E-state index in [1.165, 1.54) is 0 Å². The maximum atomic E-state index is 13.1. The van der Waals surface area contributed by atoms with Crippen molar-refractivity contribution >= 4 is 15.7 Å². The molecular formula is C22H35NO6S. The molecule has 1 aromatic rings. The van der Waals surface area contributed by atoms with E-state index >= 15 is 0 Å². The number of carbonyl (C=O) groups excluding carboxylic acids is 1. The van der Waals surface area contributed by atoms with E-state index in [1.54, 1.807) is 17.0 Å². The molecule has 0 atom stereocenters. The quantitative estimate of drug-likeness (QED) is 0.552. The minimum Gasteiger partial charge on any atom is -0.490 e. The zero-order valence-electron chi connectivity index (χ0n) is 18.8. The van der Waals surface area contributed by atoms with Crippen LogP contribution in [0, 0.1) is 5.92 Å². The average molecular weight is 442 g/mol. The van der Waals surface area contributed by atoms with Gasteiger partial charge in [0.15, 0.2) is 21.3 Å². The van der Waals surface area contributed by atoms with Crippen LogP contribution < -0.4 is 14.2 Å². The molecule has 1 saturated heterocycles. The average Bonchev–Trinajstić information content (AvgIpc) is 2.69. The van der Waals surface area contributed by atoms with Gasteiger partial charge >= 0.3 is 0 Å². The molecule has 0 aromatic heterocycles. The molecule has 0 radical (unpaired) electrons. The van der Waals surface area contributed by atoms with Crippen LogP contribution in [0.3, 0.4) is 0 Å². The first-order chi connectivity index (χ1) is 14.2. The van der Waals surface area contributed by atoms with Crippen LogP contribution in [0.25, 0.3) is 0 Å². The van der Waals surface area contributed by atoms with Crippen molar-refractivity contribution in [1.29, 1.82) is 0 Å². The number of likely N-dealkylation sites (tertiary alicyclic amines) is 1. The Morgan fingerprint density at radius 3 is 1.93 bits per heavy atom. The van der Waals surface area contributed by atoms with Crippen LogP contribution in [0.2, 0.25) is 0 Å². The number of hydrogen-bond donors (Lipinski definition) is 0. The third-order valence-electron chi connectivity index (χ3n) is 4.96.